The highest BCUT2D eigenvalue weighted by Gasteiger charge is 2.32. The average molecular weight is 729 g/mol. The molecule has 0 aromatic heterocycles. The van der Waals surface area contributed by atoms with Gasteiger partial charge in [0, 0.05) is 40.4 Å². The number of hydrogen-bond acceptors (Lipinski definition) is 12. The van der Waals surface area contributed by atoms with E-state index in [9.17, 15) is 39.5 Å². The van der Waals surface area contributed by atoms with Gasteiger partial charge in [-0.2, -0.15) is 11.8 Å². The summed E-state index contributed by atoms with van der Waals surface area (Å²) in [6.07, 6.45) is 8.04. The lowest BCUT2D eigenvalue weighted by Gasteiger charge is -2.28. The number of fused-ring (bicyclic) bond motifs is 1. The third-order valence-electron chi connectivity index (χ3n) is 8.14. The number of hydrogen-bond donors (Lipinski definition) is 3. The number of benzene rings is 2. The molecule has 3 N–H and O–H groups in total. The molecule has 0 spiro atoms. The summed E-state index contributed by atoms with van der Waals surface area (Å²) >= 11 is 4.93. The van der Waals surface area contributed by atoms with Crippen molar-refractivity contribution in [2.75, 3.05) is 18.6 Å². The molecule has 1 fully saturated rings. The molecule has 14 heteroatoms. The maximum atomic E-state index is 13.0. The zero-order valence-corrected chi connectivity index (χ0v) is 30.0. The van der Waals surface area contributed by atoms with E-state index in [1.165, 1.54) is 37.1 Å². The van der Waals surface area contributed by atoms with Crippen molar-refractivity contribution < 1.29 is 39.1 Å². The molecule has 2 aromatic carbocycles. The summed E-state index contributed by atoms with van der Waals surface area (Å²) in [5.41, 5.74) is 1.86. The minimum absolute atomic E-state index is 0.0734. The van der Waals surface area contributed by atoms with Gasteiger partial charge in [0.1, 0.15) is 17.5 Å². The minimum atomic E-state index is -0.982. The van der Waals surface area contributed by atoms with E-state index in [4.69, 9.17) is 4.74 Å². The van der Waals surface area contributed by atoms with E-state index in [1.807, 2.05) is 55.6 Å². The molecule has 4 atom stereocenters. The van der Waals surface area contributed by atoms with Crippen molar-refractivity contribution in [2.24, 2.45) is 0 Å². The summed E-state index contributed by atoms with van der Waals surface area (Å²) in [7, 11) is 1.24. The number of carbonyl (C=O) groups is 4. The second-order valence-electron chi connectivity index (χ2n) is 12.0. The van der Waals surface area contributed by atoms with Gasteiger partial charge in [0.15, 0.2) is 11.6 Å². The van der Waals surface area contributed by atoms with Crippen LogP contribution in [0.4, 0.5) is 5.69 Å². The van der Waals surface area contributed by atoms with Crippen molar-refractivity contribution in [1.29, 1.82) is 0 Å². The number of ether oxygens (including phenoxy) is 1. The summed E-state index contributed by atoms with van der Waals surface area (Å²) in [6, 6.07) is 7.00. The molecule has 1 amide bonds. The van der Waals surface area contributed by atoms with Crippen molar-refractivity contribution in [3.63, 3.8) is 0 Å². The number of ketones is 2. The van der Waals surface area contributed by atoms with Crippen LogP contribution in [0.15, 0.2) is 54.1 Å². The van der Waals surface area contributed by atoms with Gasteiger partial charge in [0.05, 0.1) is 27.7 Å². The summed E-state index contributed by atoms with van der Waals surface area (Å²) in [5.74, 6) is -1.85. The second-order valence-corrected chi connectivity index (χ2v) is 16.1. The third kappa shape index (κ3) is 10.1. The second kappa shape index (κ2) is 17.8. The Morgan fingerprint density at radius 2 is 1.82 bits per heavy atom. The number of thioether (sulfide) groups is 3. The fraction of sp³-hybridized carbons (Fsp3) is 0.429. The van der Waals surface area contributed by atoms with Crippen LogP contribution in [0.2, 0.25) is 0 Å². The molecule has 2 aliphatic rings. The first-order valence-electron chi connectivity index (χ1n) is 15.9. The van der Waals surface area contributed by atoms with Crippen LogP contribution in [-0.2, 0) is 14.3 Å². The number of allylic oxidation sites excluding steroid dienone is 4. The average Bonchev–Trinajstić information content (AvgIpc) is 3.08. The normalized spacial score (nSPS) is 18.3. The van der Waals surface area contributed by atoms with Crippen molar-refractivity contribution in [3.05, 3.63) is 86.5 Å². The van der Waals surface area contributed by atoms with Gasteiger partial charge in [-0.3, -0.25) is 24.5 Å². The molecule has 49 heavy (non-hydrogen) atoms. The van der Waals surface area contributed by atoms with E-state index in [-0.39, 0.29) is 45.0 Å². The minimum Gasteiger partial charge on any atom is -0.507 e. The van der Waals surface area contributed by atoms with Gasteiger partial charge in [-0.1, -0.05) is 30.2 Å². The van der Waals surface area contributed by atoms with Gasteiger partial charge in [-0.15, -0.1) is 23.5 Å². The Morgan fingerprint density at radius 1 is 1.12 bits per heavy atom. The quantitative estimate of drug-likeness (QED) is 0.0420. The van der Waals surface area contributed by atoms with E-state index in [2.05, 4.69) is 5.32 Å². The number of esters is 1. The Kier molecular flexibility index (Phi) is 13.8. The van der Waals surface area contributed by atoms with Gasteiger partial charge in [0.2, 0.25) is 5.91 Å². The number of nitrogens with zero attached hydrogens (tertiary/aromatic N) is 1. The van der Waals surface area contributed by atoms with Crippen LogP contribution in [0, 0.1) is 10.1 Å². The van der Waals surface area contributed by atoms with Crippen LogP contribution in [0.5, 0.6) is 11.5 Å². The lowest BCUT2D eigenvalue weighted by atomic mass is 9.89. The molecular weight excluding hydrogens is 689 g/mol. The van der Waals surface area contributed by atoms with Gasteiger partial charge >= 0.3 is 5.97 Å². The lowest BCUT2D eigenvalue weighted by Crippen LogP contribution is -2.43. The van der Waals surface area contributed by atoms with Crippen LogP contribution >= 0.6 is 35.3 Å². The van der Waals surface area contributed by atoms with E-state index in [0.29, 0.717) is 18.1 Å². The number of amides is 1. The summed E-state index contributed by atoms with van der Waals surface area (Å²) in [4.78, 5) is 61.2. The van der Waals surface area contributed by atoms with Gasteiger partial charge in [0.25, 0.3) is 5.69 Å². The highest BCUT2D eigenvalue weighted by molar-refractivity contribution is 8.17. The van der Waals surface area contributed by atoms with Crippen LogP contribution in [0.1, 0.15) is 94.0 Å². The lowest BCUT2D eigenvalue weighted by molar-refractivity contribution is -0.384. The van der Waals surface area contributed by atoms with Crippen LogP contribution in [0.3, 0.4) is 0 Å². The van der Waals surface area contributed by atoms with E-state index < -0.39 is 45.2 Å². The van der Waals surface area contributed by atoms with E-state index in [1.54, 1.807) is 0 Å². The van der Waals surface area contributed by atoms with Gasteiger partial charge < -0.3 is 20.3 Å². The van der Waals surface area contributed by atoms with Gasteiger partial charge in [-0.05, 0) is 69.1 Å². The van der Waals surface area contributed by atoms with E-state index in [0.717, 1.165) is 48.3 Å². The van der Waals surface area contributed by atoms with Crippen LogP contribution in [-0.4, -0.2) is 68.5 Å². The van der Waals surface area contributed by atoms with Crippen molar-refractivity contribution >= 4 is 64.4 Å². The molecule has 1 heterocycles. The molecule has 1 aliphatic heterocycles. The molecule has 0 radical (unpaired) electrons. The zero-order valence-electron chi connectivity index (χ0n) is 27.5. The van der Waals surface area contributed by atoms with Crippen LogP contribution < -0.4 is 5.32 Å². The molecule has 0 bridgehead atoms. The topological polar surface area (TPSA) is 173 Å². The fourth-order valence-electron chi connectivity index (χ4n) is 5.54. The number of aromatic hydroxyl groups is 2. The van der Waals surface area contributed by atoms with Gasteiger partial charge in [-0.25, -0.2) is 4.79 Å². The Balaban J connectivity index is 1.34. The molecule has 4 rings (SSSR count). The summed E-state index contributed by atoms with van der Waals surface area (Å²) < 4.78 is 5.17. The number of non-ortho nitro benzene ring substituents is 1. The smallest absolute Gasteiger partial charge is 0.329 e. The number of unbranched alkanes of at least 4 members (excludes halogenated alkanes) is 1. The number of methoxy groups -OCH3 is 1. The number of phenolic OH excluding ortho intramolecular Hbond substituents is 2. The standard InChI is InChI=1S/C35H40N2O9S3/c1-20(2)8-15-29(24-18-28(40)31-26(38)13-14-27(39)32(31)33(24)42)48-19-25(34(43)46-3)36-30(41)7-5-4-6-23-16-17-47-35(49-23)21-9-11-22(12-10-21)37(44)45/h8-14,18,23,25,29,35,40,42H,4-7,15-17,19H2,1-3H3,(H,36,41)/t23-,25+,29-,35?/m1/s1. The first-order valence-corrected chi connectivity index (χ1v) is 18.9. The largest absolute Gasteiger partial charge is 0.507 e. The maximum Gasteiger partial charge on any atom is 0.329 e. The Bertz CT molecular complexity index is 1640. The van der Waals surface area contributed by atoms with Crippen molar-refractivity contribution in [1.82, 2.24) is 5.32 Å². The van der Waals surface area contributed by atoms with E-state index >= 15 is 0 Å². The molecule has 1 aliphatic carbocycles. The monoisotopic (exact) mass is 728 g/mol. The highest BCUT2D eigenvalue weighted by atomic mass is 32.2. The molecule has 2 aromatic rings. The van der Waals surface area contributed by atoms with Crippen molar-refractivity contribution in [2.45, 2.75) is 73.5 Å². The molecule has 11 nitrogen and oxygen atoms in total. The summed E-state index contributed by atoms with van der Waals surface area (Å²) in [6.45, 7) is 3.80. The predicted octanol–water partition coefficient (Wildman–Crippen LogP) is 7.23. The first-order chi connectivity index (χ1) is 23.4. The highest BCUT2D eigenvalue weighted by Crippen LogP contribution is 2.49. The molecule has 1 unspecified atom stereocenters. The molecular formula is C35H40N2O9S3. The molecule has 262 valence electrons. The number of nitrogens with one attached hydrogen (secondary N) is 1. The van der Waals surface area contributed by atoms with Crippen molar-refractivity contribution in [3.8, 4) is 11.5 Å². The number of rotatable bonds is 15. The maximum absolute atomic E-state index is 13.0. The molecule has 1 saturated heterocycles. The number of nitro benzene ring substituents is 1. The predicted molar refractivity (Wildman–Crippen MR) is 194 cm³/mol. The number of phenols is 2. The first kappa shape index (κ1) is 38.1. The van der Waals surface area contributed by atoms with Crippen LogP contribution in [0.25, 0.3) is 0 Å². The Morgan fingerprint density at radius 3 is 2.47 bits per heavy atom. The zero-order chi connectivity index (χ0) is 35.7. The third-order valence-corrected chi connectivity index (χ3v) is 12.7. The molecule has 0 saturated carbocycles. The fourth-order valence-corrected chi connectivity index (χ4v) is 10.2. The Hall–Kier alpha value is -3.75. The Labute approximate surface area is 297 Å². The SMILES string of the molecule is COC(=O)[C@H](CS[C@H](CC=C(C)C)c1cc(O)c2c(c1O)C(=O)C=CC2=O)NC(=O)CCCC[C@@H]1CCSC(c2ccc([N+](=O)[O-])cc2)S1. The number of carbonyl (C=O) groups excluding carboxylic acids is 4. The number of nitro groups is 1. The summed E-state index contributed by atoms with van der Waals surface area (Å²) in [5, 5.41) is 35.4.